The van der Waals surface area contributed by atoms with Crippen LogP contribution in [-0.2, 0) is 0 Å². The summed E-state index contributed by atoms with van der Waals surface area (Å²) < 4.78 is 0. The van der Waals surface area contributed by atoms with Crippen LogP contribution < -0.4 is 0 Å². The third-order valence-electron chi connectivity index (χ3n) is 3.30. The monoisotopic (exact) mass is 214 g/mol. The third kappa shape index (κ3) is 1.55. The molecule has 2 unspecified atom stereocenters. The first kappa shape index (κ1) is 9.29. The average Bonchev–Trinajstić information content (AvgIpc) is 2.35. The van der Waals surface area contributed by atoms with Gasteiger partial charge in [-0.25, -0.2) is 0 Å². The van der Waals surface area contributed by atoms with Crippen molar-refractivity contribution in [3.63, 3.8) is 0 Å². The van der Waals surface area contributed by atoms with Crippen molar-refractivity contribution in [1.82, 2.24) is 0 Å². The first-order chi connectivity index (χ1) is 7.27. The van der Waals surface area contributed by atoms with Crippen LogP contribution in [0.1, 0.15) is 29.7 Å². The van der Waals surface area contributed by atoms with Crippen LogP contribution in [0.3, 0.4) is 0 Å². The molecule has 0 N–H and O–H groups in total. The van der Waals surface area contributed by atoms with Crippen molar-refractivity contribution in [2.24, 2.45) is 5.41 Å². The van der Waals surface area contributed by atoms with Crippen molar-refractivity contribution in [3.8, 4) is 0 Å². The Morgan fingerprint density at radius 1 is 1.27 bits per heavy atom. The SMILES string of the molecule is CC12C=CSC(C1)c1ccccc1C=C2. The van der Waals surface area contributed by atoms with Gasteiger partial charge in [-0.2, -0.15) is 0 Å². The molecule has 0 aromatic heterocycles. The number of benzene rings is 1. The van der Waals surface area contributed by atoms with Gasteiger partial charge >= 0.3 is 0 Å². The smallest absolute Gasteiger partial charge is 0.0355 e. The first-order valence-corrected chi connectivity index (χ1v) is 6.32. The molecular formula is C14H14S. The lowest BCUT2D eigenvalue weighted by Gasteiger charge is -2.29. The van der Waals surface area contributed by atoms with E-state index in [1.54, 1.807) is 0 Å². The van der Waals surface area contributed by atoms with Gasteiger partial charge < -0.3 is 0 Å². The fraction of sp³-hybridized carbons (Fsp3) is 0.286. The fourth-order valence-electron chi connectivity index (χ4n) is 2.35. The maximum absolute atomic E-state index is 2.35. The molecule has 0 spiro atoms. The third-order valence-corrected chi connectivity index (χ3v) is 4.35. The Balaban J connectivity index is 2.16. The molecule has 2 aliphatic rings. The first-order valence-electron chi connectivity index (χ1n) is 5.38. The summed E-state index contributed by atoms with van der Waals surface area (Å²) in [5, 5.41) is 2.90. The quantitative estimate of drug-likeness (QED) is 0.616. The van der Waals surface area contributed by atoms with Gasteiger partial charge in [0.2, 0.25) is 0 Å². The maximum Gasteiger partial charge on any atom is 0.0355 e. The predicted octanol–water partition coefficient (Wildman–Crippen LogP) is 4.41. The van der Waals surface area contributed by atoms with Crippen molar-refractivity contribution in [2.45, 2.75) is 18.6 Å². The van der Waals surface area contributed by atoms with Gasteiger partial charge in [0.25, 0.3) is 0 Å². The Hall–Kier alpha value is -0.950. The Kier molecular flexibility index (Phi) is 2.03. The number of hydrogen-bond acceptors (Lipinski definition) is 1. The number of rotatable bonds is 0. The summed E-state index contributed by atoms with van der Waals surface area (Å²) in [4.78, 5) is 0. The highest BCUT2D eigenvalue weighted by atomic mass is 32.2. The van der Waals surface area contributed by atoms with Crippen molar-refractivity contribution in [2.75, 3.05) is 0 Å². The van der Waals surface area contributed by atoms with E-state index in [0.717, 1.165) is 0 Å². The minimum absolute atomic E-state index is 0.259. The van der Waals surface area contributed by atoms with Crippen LogP contribution in [0.2, 0.25) is 0 Å². The zero-order valence-corrected chi connectivity index (χ0v) is 9.63. The van der Waals surface area contributed by atoms with Crippen LogP contribution in [0, 0.1) is 5.41 Å². The van der Waals surface area contributed by atoms with E-state index in [1.807, 2.05) is 11.8 Å². The molecule has 3 rings (SSSR count). The molecule has 15 heavy (non-hydrogen) atoms. The molecule has 1 heteroatoms. The van der Waals surface area contributed by atoms with E-state index in [9.17, 15) is 0 Å². The van der Waals surface area contributed by atoms with Crippen LogP contribution >= 0.6 is 11.8 Å². The molecule has 0 saturated heterocycles. The minimum Gasteiger partial charge on any atom is -0.126 e. The molecule has 0 fully saturated rings. The van der Waals surface area contributed by atoms with Crippen LogP contribution in [-0.4, -0.2) is 0 Å². The molecular weight excluding hydrogens is 200 g/mol. The van der Waals surface area contributed by atoms with Crippen LogP contribution in [0.15, 0.2) is 41.8 Å². The lowest BCUT2D eigenvalue weighted by atomic mass is 9.85. The van der Waals surface area contributed by atoms with Gasteiger partial charge in [0.05, 0.1) is 0 Å². The number of fused-ring (bicyclic) bond motifs is 4. The van der Waals surface area contributed by atoms with E-state index >= 15 is 0 Å². The fourth-order valence-corrected chi connectivity index (χ4v) is 3.74. The van der Waals surface area contributed by atoms with Crippen molar-refractivity contribution < 1.29 is 0 Å². The van der Waals surface area contributed by atoms with E-state index in [0.29, 0.717) is 5.25 Å². The molecule has 1 heterocycles. The molecule has 0 nitrogen and oxygen atoms in total. The highest BCUT2D eigenvalue weighted by Crippen LogP contribution is 2.49. The maximum atomic E-state index is 2.35. The van der Waals surface area contributed by atoms with Gasteiger partial charge in [-0.3, -0.25) is 0 Å². The molecule has 2 bridgehead atoms. The van der Waals surface area contributed by atoms with Gasteiger partial charge in [-0.1, -0.05) is 49.4 Å². The summed E-state index contributed by atoms with van der Waals surface area (Å²) in [5.74, 6) is 0. The lowest BCUT2D eigenvalue weighted by molar-refractivity contribution is 0.496. The summed E-state index contributed by atoms with van der Waals surface area (Å²) in [6, 6.07) is 8.76. The largest absolute Gasteiger partial charge is 0.126 e. The summed E-state index contributed by atoms with van der Waals surface area (Å²) in [7, 11) is 0. The van der Waals surface area contributed by atoms with Crippen LogP contribution in [0.25, 0.3) is 6.08 Å². The molecule has 1 aliphatic carbocycles. The molecule has 1 aromatic carbocycles. The summed E-state index contributed by atoms with van der Waals surface area (Å²) in [5.41, 5.74) is 3.14. The summed E-state index contributed by atoms with van der Waals surface area (Å²) in [6.45, 7) is 2.32. The Bertz CT molecular complexity index is 444. The number of hydrogen-bond donors (Lipinski definition) is 0. The van der Waals surface area contributed by atoms with Gasteiger partial charge in [0, 0.05) is 10.7 Å². The zero-order valence-electron chi connectivity index (χ0n) is 8.81. The summed E-state index contributed by atoms with van der Waals surface area (Å²) in [6.07, 6.45) is 8.19. The van der Waals surface area contributed by atoms with Gasteiger partial charge in [0.1, 0.15) is 0 Å². The van der Waals surface area contributed by atoms with E-state index in [-0.39, 0.29) is 5.41 Å². The highest BCUT2D eigenvalue weighted by molar-refractivity contribution is 8.02. The molecule has 0 radical (unpaired) electrons. The predicted molar refractivity (Wildman–Crippen MR) is 67.7 cm³/mol. The Morgan fingerprint density at radius 2 is 2.13 bits per heavy atom. The molecule has 0 amide bonds. The second kappa shape index (κ2) is 3.28. The minimum atomic E-state index is 0.259. The van der Waals surface area contributed by atoms with E-state index in [1.165, 1.54) is 17.5 Å². The second-order valence-corrected chi connectivity index (χ2v) is 5.71. The van der Waals surface area contributed by atoms with Crippen LogP contribution in [0.5, 0.6) is 0 Å². The molecule has 1 aliphatic heterocycles. The Labute approximate surface area is 95.1 Å². The molecule has 2 atom stereocenters. The highest BCUT2D eigenvalue weighted by Gasteiger charge is 2.30. The molecule has 76 valence electrons. The van der Waals surface area contributed by atoms with E-state index < -0.39 is 0 Å². The normalized spacial score (nSPS) is 32.2. The lowest BCUT2D eigenvalue weighted by Crippen LogP contribution is -2.14. The van der Waals surface area contributed by atoms with Gasteiger partial charge in [0.15, 0.2) is 0 Å². The Morgan fingerprint density at radius 3 is 3.07 bits per heavy atom. The van der Waals surface area contributed by atoms with Gasteiger partial charge in [-0.05, 0) is 23.0 Å². The van der Waals surface area contributed by atoms with Crippen molar-refractivity contribution in [1.29, 1.82) is 0 Å². The van der Waals surface area contributed by atoms with Crippen molar-refractivity contribution in [3.05, 3.63) is 53.0 Å². The molecule has 1 aromatic rings. The van der Waals surface area contributed by atoms with Crippen LogP contribution in [0.4, 0.5) is 0 Å². The van der Waals surface area contributed by atoms with Crippen molar-refractivity contribution >= 4 is 17.8 Å². The molecule has 0 saturated carbocycles. The number of thioether (sulfide) groups is 1. The zero-order chi connectivity index (χ0) is 10.3. The van der Waals surface area contributed by atoms with E-state index in [2.05, 4.69) is 54.8 Å². The number of allylic oxidation sites excluding steroid dienone is 2. The average molecular weight is 214 g/mol. The summed E-state index contributed by atoms with van der Waals surface area (Å²) >= 11 is 1.95. The standard InChI is InChI=1S/C14H14S/c1-14-7-6-11-4-2-3-5-12(11)13(10-14)15-9-8-14/h2-9,13H,10H2,1H3. The van der Waals surface area contributed by atoms with E-state index in [4.69, 9.17) is 0 Å². The van der Waals surface area contributed by atoms with Gasteiger partial charge in [-0.15, -0.1) is 11.8 Å². The second-order valence-electron chi connectivity index (χ2n) is 4.60. The topological polar surface area (TPSA) is 0 Å².